The van der Waals surface area contributed by atoms with E-state index in [0.29, 0.717) is 13.0 Å². The number of unbranched alkanes of at least 4 members (excludes halogenated alkanes) is 1. The Hall–Kier alpha value is -0.530. The first kappa shape index (κ1) is 15.0. The van der Waals surface area contributed by atoms with Crippen LogP contribution in [0.15, 0.2) is 0 Å². The van der Waals surface area contributed by atoms with Crippen LogP contribution in [0.1, 0.15) is 59.8 Å². The Bertz CT molecular complexity index is 100. The van der Waals surface area contributed by atoms with Crippen molar-refractivity contribution in [2.45, 2.75) is 59.8 Å². The van der Waals surface area contributed by atoms with Gasteiger partial charge in [-0.25, -0.2) is 0 Å². The average molecular weight is 188 g/mol. The van der Waals surface area contributed by atoms with Crippen molar-refractivity contribution >= 4 is 5.97 Å². The Balaban J connectivity index is 0. The van der Waals surface area contributed by atoms with Gasteiger partial charge in [0.15, 0.2) is 0 Å². The van der Waals surface area contributed by atoms with E-state index in [1.165, 1.54) is 6.42 Å². The number of rotatable bonds is 5. The molecule has 0 fully saturated rings. The molecular weight excluding hydrogens is 164 g/mol. The van der Waals surface area contributed by atoms with E-state index in [-0.39, 0.29) is 5.97 Å². The van der Waals surface area contributed by atoms with Gasteiger partial charge in [0.1, 0.15) is 0 Å². The third-order valence-electron chi connectivity index (χ3n) is 1.22. The molecule has 0 N–H and O–H groups in total. The first-order valence-corrected chi connectivity index (χ1v) is 5.38. The van der Waals surface area contributed by atoms with E-state index in [1.807, 2.05) is 6.92 Å². The van der Waals surface area contributed by atoms with Crippen molar-refractivity contribution in [1.82, 2.24) is 0 Å². The Morgan fingerprint density at radius 1 is 1.08 bits per heavy atom. The van der Waals surface area contributed by atoms with Gasteiger partial charge in [-0.05, 0) is 12.8 Å². The molecular formula is C11H24O2. The predicted octanol–water partition coefficient (Wildman–Crippen LogP) is 3.55. The molecule has 0 radical (unpaired) electrons. The van der Waals surface area contributed by atoms with Crippen molar-refractivity contribution in [1.29, 1.82) is 0 Å². The Labute approximate surface area is 82.7 Å². The van der Waals surface area contributed by atoms with Crippen LogP contribution in [0.3, 0.4) is 0 Å². The second-order valence-corrected chi connectivity index (χ2v) is 3.03. The van der Waals surface area contributed by atoms with Gasteiger partial charge in [-0.1, -0.05) is 40.5 Å². The maximum Gasteiger partial charge on any atom is 0.305 e. The number of esters is 1. The molecule has 0 aromatic rings. The van der Waals surface area contributed by atoms with E-state index in [4.69, 9.17) is 4.74 Å². The zero-order valence-electron chi connectivity index (χ0n) is 9.56. The molecule has 0 amide bonds. The smallest absolute Gasteiger partial charge is 0.305 e. The molecule has 2 nitrogen and oxygen atoms in total. The molecule has 0 aromatic carbocycles. The molecule has 0 spiro atoms. The predicted molar refractivity (Wildman–Crippen MR) is 56.7 cm³/mol. The Morgan fingerprint density at radius 2 is 1.62 bits per heavy atom. The first-order valence-electron chi connectivity index (χ1n) is 5.38. The fraction of sp³-hybridized carbons (Fsp3) is 0.909. The molecule has 2 heteroatoms. The van der Waals surface area contributed by atoms with Gasteiger partial charge in [0.2, 0.25) is 0 Å². The van der Waals surface area contributed by atoms with Gasteiger partial charge < -0.3 is 4.74 Å². The van der Waals surface area contributed by atoms with E-state index >= 15 is 0 Å². The van der Waals surface area contributed by atoms with Crippen LogP contribution < -0.4 is 0 Å². The van der Waals surface area contributed by atoms with Gasteiger partial charge in [-0.2, -0.15) is 0 Å². The van der Waals surface area contributed by atoms with Gasteiger partial charge in [0, 0.05) is 6.42 Å². The van der Waals surface area contributed by atoms with Crippen molar-refractivity contribution in [2.75, 3.05) is 6.61 Å². The highest BCUT2D eigenvalue weighted by Gasteiger charge is 1.97. The summed E-state index contributed by atoms with van der Waals surface area (Å²) in [5.41, 5.74) is 0. The first-order chi connectivity index (χ1) is 6.22. The van der Waals surface area contributed by atoms with Crippen LogP contribution in [0.25, 0.3) is 0 Å². The molecule has 0 bridgehead atoms. The second-order valence-electron chi connectivity index (χ2n) is 3.03. The zero-order valence-corrected chi connectivity index (χ0v) is 9.56. The van der Waals surface area contributed by atoms with Gasteiger partial charge >= 0.3 is 5.97 Å². The van der Waals surface area contributed by atoms with Crippen molar-refractivity contribution in [2.24, 2.45) is 0 Å². The van der Waals surface area contributed by atoms with E-state index in [0.717, 1.165) is 19.3 Å². The summed E-state index contributed by atoms with van der Waals surface area (Å²) in [6.45, 7) is 8.89. The van der Waals surface area contributed by atoms with Crippen molar-refractivity contribution in [3.05, 3.63) is 0 Å². The molecule has 0 aliphatic rings. The molecule has 80 valence electrons. The lowest BCUT2D eigenvalue weighted by Crippen LogP contribution is -2.04. The molecule has 0 heterocycles. The van der Waals surface area contributed by atoms with Crippen LogP contribution in [0.4, 0.5) is 0 Å². The lowest BCUT2D eigenvalue weighted by molar-refractivity contribution is -0.143. The van der Waals surface area contributed by atoms with E-state index in [2.05, 4.69) is 20.8 Å². The fourth-order valence-electron chi connectivity index (χ4n) is 0.607. The highest BCUT2D eigenvalue weighted by molar-refractivity contribution is 5.69. The van der Waals surface area contributed by atoms with Crippen LogP contribution in [-0.4, -0.2) is 12.6 Å². The maximum absolute atomic E-state index is 10.7. The molecule has 0 atom stereocenters. The topological polar surface area (TPSA) is 26.3 Å². The van der Waals surface area contributed by atoms with Crippen LogP contribution in [-0.2, 0) is 9.53 Å². The Morgan fingerprint density at radius 3 is 2.00 bits per heavy atom. The standard InChI is InChI=1S/C8H16O2.C3H8/c1-3-5-7-10-8(9)6-4-2;1-3-2/h3-7H2,1-2H3;3H2,1-2H3. The summed E-state index contributed by atoms with van der Waals surface area (Å²) in [7, 11) is 0. The van der Waals surface area contributed by atoms with Crippen LogP contribution in [0, 0.1) is 0 Å². The lowest BCUT2D eigenvalue weighted by atomic mass is 10.3. The maximum atomic E-state index is 10.7. The van der Waals surface area contributed by atoms with Crippen molar-refractivity contribution in [3.8, 4) is 0 Å². The third kappa shape index (κ3) is 18.4. The number of ether oxygens (including phenoxy) is 1. The quantitative estimate of drug-likeness (QED) is 0.487. The summed E-state index contributed by atoms with van der Waals surface area (Å²) in [5.74, 6) is -0.0593. The number of carbonyl (C=O) groups excluding carboxylic acids is 1. The van der Waals surface area contributed by atoms with E-state index < -0.39 is 0 Å². The summed E-state index contributed by atoms with van der Waals surface area (Å²) >= 11 is 0. The number of hydrogen-bond donors (Lipinski definition) is 0. The van der Waals surface area contributed by atoms with E-state index in [9.17, 15) is 4.79 Å². The highest BCUT2D eigenvalue weighted by atomic mass is 16.5. The fourth-order valence-corrected chi connectivity index (χ4v) is 0.607. The molecule has 13 heavy (non-hydrogen) atoms. The average Bonchev–Trinajstić information content (AvgIpc) is 2.07. The summed E-state index contributed by atoms with van der Waals surface area (Å²) in [4.78, 5) is 10.7. The monoisotopic (exact) mass is 188 g/mol. The SMILES string of the molecule is CCC.CCCCOC(=O)CCC. The minimum absolute atomic E-state index is 0.0593. The Kier molecular flexibility index (Phi) is 16.1. The molecule has 0 unspecified atom stereocenters. The molecule has 0 rings (SSSR count). The van der Waals surface area contributed by atoms with E-state index in [1.54, 1.807) is 0 Å². The zero-order chi connectivity index (χ0) is 10.5. The molecule has 0 saturated heterocycles. The summed E-state index contributed by atoms with van der Waals surface area (Å²) in [6.07, 6.45) is 4.75. The third-order valence-corrected chi connectivity index (χ3v) is 1.22. The summed E-state index contributed by atoms with van der Waals surface area (Å²) < 4.78 is 4.88. The largest absolute Gasteiger partial charge is 0.466 e. The van der Waals surface area contributed by atoms with Gasteiger partial charge in [0.05, 0.1) is 6.61 Å². The van der Waals surface area contributed by atoms with Crippen molar-refractivity contribution < 1.29 is 9.53 Å². The summed E-state index contributed by atoms with van der Waals surface area (Å²) in [5, 5.41) is 0. The highest BCUT2D eigenvalue weighted by Crippen LogP contribution is 1.93. The van der Waals surface area contributed by atoms with Crippen LogP contribution >= 0.6 is 0 Å². The molecule has 0 saturated carbocycles. The minimum Gasteiger partial charge on any atom is -0.466 e. The van der Waals surface area contributed by atoms with Gasteiger partial charge in [-0.15, -0.1) is 0 Å². The van der Waals surface area contributed by atoms with Gasteiger partial charge in [0.25, 0.3) is 0 Å². The lowest BCUT2D eigenvalue weighted by Gasteiger charge is -2.00. The molecule has 0 aliphatic heterocycles. The molecule has 0 aromatic heterocycles. The minimum atomic E-state index is -0.0593. The normalized spacial score (nSPS) is 8.62. The van der Waals surface area contributed by atoms with Crippen LogP contribution in [0.2, 0.25) is 0 Å². The van der Waals surface area contributed by atoms with Crippen LogP contribution in [0.5, 0.6) is 0 Å². The summed E-state index contributed by atoms with van der Waals surface area (Å²) in [6, 6.07) is 0. The number of hydrogen-bond acceptors (Lipinski definition) is 2. The number of carbonyl (C=O) groups is 1. The molecule has 0 aliphatic carbocycles. The van der Waals surface area contributed by atoms with Gasteiger partial charge in [-0.3, -0.25) is 4.79 Å². The second kappa shape index (κ2) is 14.0. The van der Waals surface area contributed by atoms with Crippen molar-refractivity contribution in [3.63, 3.8) is 0 Å².